The first-order valence-corrected chi connectivity index (χ1v) is 6.47. The number of hydrogen-bond acceptors (Lipinski definition) is 2. The fourth-order valence-electron chi connectivity index (χ4n) is 1.15. The largest absolute Gasteiger partial charge is 0.311 e. The van der Waals surface area contributed by atoms with Gasteiger partial charge in [-0.15, -0.1) is 11.8 Å². The van der Waals surface area contributed by atoms with E-state index in [0.29, 0.717) is 0 Å². The molecule has 15 heavy (non-hydrogen) atoms. The van der Waals surface area contributed by atoms with Crippen LogP contribution in [0.4, 0.5) is 0 Å². The smallest absolute Gasteiger partial charge is 0.0417 e. The number of thioether (sulfide) groups is 1. The van der Waals surface area contributed by atoms with Crippen LogP contribution in [-0.4, -0.2) is 17.8 Å². The Bertz CT molecular complexity index is 307. The number of nitrogens with one attached hydrogen (secondary N) is 1. The minimum Gasteiger partial charge on any atom is -0.311 e. The summed E-state index contributed by atoms with van der Waals surface area (Å²) in [6.45, 7) is 7.55. The molecule has 0 aliphatic rings. The van der Waals surface area contributed by atoms with Crippen LogP contribution in [0.1, 0.15) is 20.8 Å². The predicted octanol–water partition coefficient (Wildman–Crippen LogP) is 3.82. The summed E-state index contributed by atoms with van der Waals surface area (Å²) in [5.41, 5.74) is 0.203. The third-order valence-electron chi connectivity index (χ3n) is 1.82. The highest BCUT2D eigenvalue weighted by Gasteiger charge is 2.07. The van der Waals surface area contributed by atoms with Crippen LogP contribution in [0.15, 0.2) is 29.2 Å². The zero-order valence-electron chi connectivity index (χ0n) is 9.51. The average molecular weight is 244 g/mol. The van der Waals surface area contributed by atoms with E-state index in [1.54, 1.807) is 0 Å². The van der Waals surface area contributed by atoms with Crippen molar-refractivity contribution in [3.63, 3.8) is 0 Å². The molecule has 0 aliphatic carbocycles. The number of hydrogen-bond donors (Lipinski definition) is 1. The van der Waals surface area contributed by atoms with Crippen LogP contribution in [0.2, 0.25) is 5.02 Å². The SMILES string of the molecule is CC(C)(C)NCCSc1cccc(Cl)c1. The summed E-state index contributed by atoms with van der Waals surface area (Å²) in [7, 11) is 0. The summed E-state index contributed by atoms with van der Waals surface area (Å²) in [5.74, 6) is 1.07. The minimum absolute atomic E-state index is 0.203. The number of halogens is 1. The maximum absolute atomic E-state index is 5.90. The molecule has 1 aromatic carbocycles. The molecular formula is C12H18ClNS. The molecule has 1 N–H and O–H groups in total. The van der Waals surface area contributed by atoms with E-state index in [9.17, 15) is 0 Å². The van der Waals surface area contributed by atoms with E-state index in [0.717, 1.165) is 17.3 Å². The van der Waals surface area contributed by atoms with Gasteiger partial charge in [-0.3, -0.25) is 0 Å². The molecule has 3 heteroatoms. The first-order chi connectivity index (χ1) is 6.97. The summed E-state index contributed by atoms with van der Waals surface area (Å²) < 4.78 is 0. The third kappa shape index (κ3) is 6.08. The molecule has 1 rings (SSSR count). The second kappa shape index (κ2) is 5.78. The zero-order chi connectivity index (χ0) is 11.3. The molecule has 0 radical (unpaired) electrons. The van der Waals surface area contributed by atoms with Crippen LogP contribution in [0.3, 0.4) is 0 Å². The lowest BCUT2D eigenvalue weighted by Crippen LogP contribution is -2.37. The van der Waals surface area contributed by atoms with E-state index < -0.39 is 0 Å². The lowest BCUT2D eigenvalue weighted by atomic mass is 10.1. The van der Waals surface area contributed by atoms with Gasteiger partial charge in [-0.05, 0) is 39.0 Å². The van der Waals surface area contributed by atoms with Crippen LogP contribution in [-0.2, 0) is 0 Å². The lowest BCUT2D eigenvalue weighted by molar-refractivity contribution is 0.441. The Hall–Kier alpha value is -0.180. The monoisotopic (exact) mass is 243 g/mol. The number of benzene rings is 1. The van der Waals surface area contributed by atoms with E-state index in [1.165, 1.54) is 4.90 Å². The lowest BCUT2D eigenvalue weighted by Gasteiger charge is -2.20. The van der Waals surface area contributed by atoms with Gasteiger partial charge in [-0.2, -0.15) is 0 Å². The van der Waals surface area contributed by atoms with E-state index in [2.05, 4.69) is 32.2 Å². The third-order valence-corrected chi connectivity index (χ3v) is 3.05. The predicted molar refractivity (Wildman–Crippen MR) is 69.9 cm³/mol. The molecule has 0 aliphatic heterocycles. The molecular weight excluding hydrogens is 226 g/mol. The van der Waals surface area contributed by atoms with Crippen molar-refractivity contribution in [2.24, 2.45) is 0 Å². The topological polar surface area (TPSA) is 12.0 Å². The maximum atomic E-state index is 5.90. The Morgan fingerprint density at radius 2 is 2.07 bits per heavy atom. The second-order valence-electron chi connectivity index (χ2n) is 4.48. The quantitative estimate of drug-likeness (QED) is 0.638. The molecule has 0 saturated carbocycles. The summed E-state index contributed by atoms with van der Waals surface area (Å²) in [6, 6.07) is 7.98. The Balaban J connectivity index is 2.26. The molecule has 84 valence electrons. The maximum Gasteiger partial charge on any atom is 0.0417 e. The average Bonchev–Trinajstić information content (AvgIpc) is 2.11. The van der Waals surface area contributed by atoms with Crippen molar-refractivity contribution in [3.05, 3.63) is 29.3 Å². The number of rotatable bonds is 4. The van der Waals surface area contributed by atoms with Gasteiger partial charge in [0.2, 0.25) is 0 Å². The normalized spacial score (nSPS) is 11.7. The van der Waals surface area contributed by atoms with Gasteiger partial charge in [-0.25, -0.2) is 0 Å². The highest BCUT2D eigenvalue weighted by atomic mass is 35.5. The first-order valence-electron chi connectivity index (χ1n) is 5.11. The fraction of sp³-hybridized carbons (Fsp3) is 0.500. The van der Waals surface area contributed by atoms with Crippen LogP contribution in [0.5, 0.6) is 0 Å². The second-order valence-corrected chi connectivity index (χ2v) is 6.09. The summed E-state index contributed by atoms with van der Waals surface area (Å²) >= 11 is 7.73. The van der Waals surface area contributed by atoms with Crippen molar-refractivity contribution in [3.8, 4) is 0 Å². The van der Waals surface area contributed by atoms with Gasteiger partial charge in [0.05, 0.1) is 0 Å². The summed E-state index contributed by atoms with van der Waals surface area (Å²) in [4.78, 5) is 1.23. The molecule has 1 nitrogen and oxygen atoms in total. The molecule has 1 aromatic rings. The standard InChI is InChI=1S/C12H18ClNS/c1-12(2,3)14-7-8-15-11-6-4-5-10(13)9-11/h4-6,9,14H,7-8H2,1-3H3. The van der Waals surface area contributed by atoms with Crippen molar-refractivity contribution < 1.29 is 0 Å². The Morgan fingerprint density at radius 3 is 2.67 bits per heavy atom. The Kier molecular flexibility index (Phi) is 4.97. The van der Waals surface area contributed by atoms with Crippen LogP contribution >= 0.6 is 23.4 Å². The molecule has 0 amide bonds. The molecule has 0 unspecified atom stereocenters. The van der Waals surface area contributed by atoms with Gasteiger partial charge in [0, 0.05) is 27.8 Å². The molecule has 0 aromatic heterocycles. The highest BCUT2D eigenvalue weighted by Crippen LogP contribution is 2.21. The summed E-state index contributed by atoms with van der Waals surface area (Å²) in [5, 5.41) is 4.26. The van der Waals surface area contributed by atoms with Crippen molar-refractivity contribution in [1.82, 2.24) is 5.32 Å². The molecule has 0 saturated heterocycles. The highest BCUT2D eigenvalue weighted by molar-refractivity contribution is 7.99. The van der Waals surface area contributed by atoms with Gasteiger partial charge in [0.25, 0.3) is 0 Å². The van der Waals surface area contributed by atoms with Crippen molar-refractivity contribution in [1.29, 1.82) is 0 Å². The van der Waals surface area contributed by atoms with Gasteiger partial charge >= 0.3 is 0 Å². The Labute approximate surface area is 102 Å². The first kappa shape index (κ1) is 12.9. The van der Waals surface area contributed by atoms with Crippen LogP contribution < -0.4 is 5.32 Å². The molecule has 0 heterocycles. The Morgan fingerprint density at radius 1 is 1.33 bits per heavy atom. The molecule has 0 atom stereocenters. The molecule has 0 bridgehead atoms. The summed E-state index contributed by atoms with van der Waals surface area (Å²) in [6.07, 6.45) is 0. The van der Waals surface area contributed by atoms with Gasteiger partial charge in [0.1, 0.15) is 0 Å². The van der Waals surface area contributed by atoms with Crippen molar-refractivity contribution in [2.45, 2.75) is 31.2 Å². The van der Waals surface area contributed by atoms with E-state index in [1.807, 2.05) is 30.0 Å². The molecule has 0 spiro atoms. The van der Waals surface area contributed by atoms with Crippen molar-refractivity contribution in [2.75, 3.05) is 12.3 Å². The fourth-order valence-corrected chi connectivity index (χ4v) is 2.23. The van der Waals surface area contributed by atoms with Gasteiger partial charge in [0.15, 0.2) is 0 Å². The van der Waals surface area contributed by atoms with E-state index >= 15 is 0 Å². The zero-order valence-corrected chi connectivity index (χ0v) is 11.1. The van der Waals surface area contributed by atoms with Crippen LogP contribution in [0.25, 0.3) is 0 Å². The van der Waals surface area contributed by atoms with Gasteiger partial charge in [-0.1, -0.05) is 17.7 Å². The van der Waals surface area contributed by atoms with Crippen molar-refractivity contribution >= 4 is 23.4 Å². The molecule has 0 fully saturated rings. The van der Waals surface area contributed by atoms with Crippen LogP contribution in [0, 0.1) is 0 Å². The van der Waals surface area contributed by atoms with E-state index in [-0.39, 0.29) is 5.54 Å². The minimum atomic E-state index is 0.203. The van der Waals surface area contributed by atoms with E-state index in [4.69, 9.17) is 11.6 Å². The van der Waals surface area contributed by atoms with Gasteiger partial charge < -0.3 is 5.32 Å².